The summed E-state index contributed by atoms with van der Waals surface area (Å²) in [5, 5.41) is 24.9. The minimum Gasteiger partial charge on any atom is -0.365 e. The standard InChI is InChI=1S/C13H12ClN3O2/c1-9-8-13(19,10-2-4-11(14)5-3-10)17(16-9)12(18)6-7-15/h2-5,19H,6,8H2,1H3/t13-/m1/s1. The SMILES string of the molecule is CC1=NN(C(=O)CC#N)[C@](O)(c2ccc(Cl)cc2)C1. The summed E-state index contributed by atoms with van der Waals surface area (Å²) in [6.07, 6.45) is -0.113. The lowest BCUT2D eigenvalue weighted by Gasteiger charge is -2.31. The largest absolute Gasteiger partial charge is 0.365 e. The van der Waals surface area contributed by atoms with Gasteiger partial charge in [-0.2, -0.15) is 15.4 Å². The van der Waals surface area contributed by atoms with Gasteiger partial charge in [0.2, 0.25) is 0 Å². The van der Waals surface area contributed by atoms with Gasteiger partial charge in [0.1, 0.15) is 6.42 Å². The number of rotatable bonds is 2. The number of halogens is 1. The molecule has 1 heterocycles. The van der Waals surface area contributed by atoms with Crippen molar-refractivity contribution < 1.29 is 9.90 Å². The predicted octanol–water partition coefficient (Wildman–Crippen LogP) is 2.01. The Hall–Kier alpha value is -1.90. The summed E-state index contributed by atoms with van der Waals surface area (Å²) in [7, 11) is 0. The second-order valence-electron chi connectivity index (χ2n) is 4.38. The van der Waals surface area contributed by atoms with Crippen LogP contribution < -0.4 is 0 Å². The van der Waals surface area contributed by atoms with Crippen molar-refractivity contribution in [3.8, 4) is 6.07 Å². The zero-order valence-corrected chi connectivity index (χ0v) is 11.1. The lowest BCUT2D eigenvalue weighted by atomic mass is 9.97. The highest BCUT2D eigenvalue weighted by Crippen LogP contribution is 2.36. The van der Waals surface area contributed by atoms with E-state index in [9.17, 15) is 9.90 Å². The first-order chi connectivity index (χ1) is 8.97. The fourth-order valence-corrected chi connectivity index (χ4v) is 2.19. The average molecular weight is 278 g/mol. The number of benzene rings is 1. The summed E-state index contributed by atoms with van der Waals surface area (Å²) in [6.45, 7) is 1.72. The molecule has 1 atom stereocenters. The Bertz CT molecular complexity index is 577. The maximum Gasteiger partial charge on any atom is 0.259 e. The number of hydrogen-bond acceptors (Lipinski definition) is 4. The van der Waals surface area contributed by atoms with E-state index in [0.717, 1.165) is 5.01 Å². The summed E-state index contributed by atoms with van der Waals surface area (Å²) in [4.78, 5) is 11.9. The molecule has 1 aromatic rings. The topological polar surface area (TPSA) is 76.7 Å². The van der Waals surface area contributed by atoms with E-state index >= 15 is 0 Å². The normalized spacial score (nSPS) is 22.0. The van der Waals surface area contributed by atoms with E-state index in [4.69, 9.17) is 16.9 Å². The first-order valence-electron chi connectivity index (χ1n) is 5.70. The quantitative estimate of drug-likeness (QED) is 0.898. The van der Waals surface area contributed by atoms with Crippen LogP contribution in [0, 0.1) is 11.3 Å². The van der Waals surface area contributed by atoms with Crippen molar-refractivity contribution in [3.05, 3.63) is 34.9 Å². The number of hydrazone groups is 1. The highest BCUT2D eigenvalue weighted by Gasteiger charge is 2.44. The van der Waals surface area contributed by atoms with Crippen LogP contribution in [0.15, 0.2) is 29.4 Å². The number of nitrogens with zero attached hydrogens (tertiary/aromatic N) is 3. The lowest BCUT2D eigenvalue weighted by molar-refractivity contribution is -0.156. The highest BCUT2D eigenvalue weighted by molar-refractivity contribution is 6.30. The molecule has 1 amide bonds. The maximum absolute atomic E-state index is 11.9. The minimum atomic E-state index is -1.54. The van der Waals surface area contributed by atoms with Crippen LogP contribution in [0.5, 0.6) is 0 Å². The van der Waals surface area contributed by atoms with Gasteiger partial charge in [0, 0.05) is 22.7 Å². The molecule has 0 saturated carbocycles. The molecule has 0 aromatic heterocycles. The molecule has 1 aliphatic heterocycles. The van der Waals surface area contributed by atoms with Gasteiger partial charge in [0.25, 0.3) is 5.91 Å². The zero-order valence-electron chi connectivity index (χ0n) is 10.3. The van der Waals surface area contributed by atoms with Crippen LogP contribution in [0.25, 0.3) is 0 Å². The molecule has 0 fully saturated rings. The van der Waals surface area contributed by atoms with Gasteiger partial charge >= 0.3 is 0 Å². The summed E-state index contributed by atoms with van der Waals surface area (Å²) in [5.41, 5.74) is -0.393. The van der Waals surface area contributed by atoms with Gasteiger partial charge in [-0.15, -0.1) is 0 Å². The van der Waals surface area contributed by atoms with Crippen molar-refractivity contribution in [2.45, 2.75) is 25.5 Å². The van der Waals surface area contributed by atoms with Crippen molar-refractivity contribution in [1.29, 1.82) is 5.26 Å². The molecule has 0 saturated heterocycles. The summed E-state index contributed by atoms with van der Waals surface area (Å²) >= 11 is 5.81. The predicted molar refractivity (Wildman–Crippen MR) is 70.2 cm³/mol. The van der Waals surface area contributed by atoms with Crippen molar-refractivity contribution in [2.75, 3.05) is 0 Å². The molecule has 5 nitrogen and oxygen atoms in total. The number of amides is 1. The Balaban J connectivity index is 2.39. The van der Waals surface area contributed by atoms with Gasteiger partial charge < -0.3 is 5.11 Å². The van der Waals surface area contributed by atoms with E-state index in [0.29, 0.717) is 16.3 Å². The zero-order chi connectivity index (χ0) is 14.0. The van der Waals surface area contributed by atoms with Crippen molar-refractivity contribution in [3.63, 3.8) is 0 Å². The van der Waals surface area contributed by atoms with E-state index in [1.165, 1.54) is 0 Å². The highest BCUT2D eigenvalue weighted by atomic mass is 35.5. The Morgan fingerprint density at radius 2 is 2.21 bits per heavy atom. The Kier molecular flexibility index (Phi) is 3.56. The van der Waals surface area contributed by atoms with Crippen molar-refractivity contribution >= 4 is 23.2 Å². The molecule has 1 N–H and O–H groups in total. The summed E-state index contributed by atoms with van der Waals surface area (Å²) in [6, 6.07) is 8.32. The molecule has 98 valence electrons. The number of nitriles is 1. The molecule has 0 radical (unpaired) electrons. The van der Waals surface area contributed by atoms with Crippen molar-refractivity contribution in [2.24, 2.45) is 5.10 Å². The van der Waals surface area contributed by atoms with Gasteiger partial charge in [-0.3, -0.25) is 4.79 Å². The Morgan fingerprint density at radius 3 is 2.79 bits per heavy atom. The van der Waals surface area contributed by atoms with E-state index in [-0.39, 0.29) is 12.8 Å². The van der Waals surface area contributed by atoms with Crippen molar-refractivity contribution in [1.82, 2.24) is 5.01 Å². The molecule has 19 heavy (non-hydrogen) atoms. The van der Waals surface area contributed by atoms with Crippen LogP contribution >= 0.6 is 11.6 Å². The molecule has 0 bridgehead atoms. The third kappa shape index (κ3) is 2.46. The molecule has 2 rings (SSSR count). The first-order valence-corrected chi connectivity index (χ1v) is 6.07. The van der Waals surface area contributed by atoms with Gasteiger partial charge in [0.15, 0.2) is 5.72 Å². The van der Waals surface area contributed by atoms with E-state index in [2.05, 4.69) is 5.10 Å². The van der Waals surface area contributed by atoms with E-state index in [1.807, 2.05) is 0 Å². The second-order valence-corrected chi connectivity index (χ2v) is 4.81. The fourth-order valence-electron chi connectivity index (χ4n) is 2.07. The Labute approximate surface area is 115 Å². The van der Waals surface area contributed by atoms with E-state index in [1.54, 1.807) is 37.3 Å². The number of aliphatic hydroxyl groups is 1. The third-order valence-corrected chi connectivity index (χ3v) is 3.15. The van der Waals surface area contributed by atoms with Gasteiger partial charge in [-0.05, 0) is 19.1 Å². The minimum absolute atomic E-state index is 0.214. The monoisotopic (exact) mass is 277 g/mol. The Morgan fingerprint density at radius 1 is 1.58 bits per heavy atom. The van der Waals surface area contributed by atoms with Gasteiger partial charge in [-0.1, -0.05) is 23.7 Å². The molecule has 1 aromatic carbocycles. The summed E-state index contributed by atoms with van der Waals surface area (Å²) in [5.74, 6) is -0.531. The van der Waals surface area contributed by atoms with Crippen LogP contribution in [0.1, 0.15) is 25.3 Å². The first kappa shape index (κ1) is 13.5. The second kappa shape index (κ2) is 5.00. The van der Waals surface area contributed by atoms with Gasteiger partial charge in [-0.25, -0.2) is 0 Å². The van der Waals surface area contributed by atoms with Gasteiger partial charge in [0.05, 0.1) is 6.07 Å². The molecule has 6 heteroatoms. The number of carbonyl (C=O) groups excluding carboxylic acids is 1. The van der Waals surface area contributed by atoms with Crippen LogP contribution in [0.4, 0.5) is 0 Å². The molecule has 1 aliphatic rings. The van der Waals surface area contributed by atoms with Crippen LogP contribution in [-0.4, -0.2) is 21.7 Å². The smallest absolute Gasteiger partial charge is 0.259 e. The van der Waals surface area contributed by atoms with Crippen LogP contribution in [0.2, 0.25) is 5.02 Å². The molecule has 0 spiro atoms. The maximum atomic E-state index is 11.9. The van der Waals surface area contributed by atoms with Crippen LogP contribution in [-0.2, 0) is 10.5 Å². The number of hydrogen-bond donors (Lipinski definition) is 1. The molecule has 0 unspecified atom stereocenters. The molecular formula is C13H12ClN3O2. The lowest BCUT2D eigenvalue weighted by Crippen LogP contribution is -2.43. The van der Waals surface area contributed by atoms with Crippen LogP contribution in [0.3, 0.4) is 0 Å². The summed E-state index contributed by atoms with van der Waals surface area (Å²) < 4.78 is 0. The van der Waals surface area contributed by atoms with E-state index < -0.39 is 11.6 Å². The molecular weight excluding hydrogens is 266 g/mol. The average Bonchev–Trinajstić information content (AvgIpc) is 2.67. The number of carbonyl (C=O) groups is 1. The molecule has 0 aliphatic carbocycles. The fraction of sp³-hybridized carbons (Fsp3) is 0.308. The third-order valence-electron chi connectivity index (χ3n) is 2.90.